The summed E-state index contributed by atoms with van der Waals surface area (Å²) in [5.74, 6) is 0.167. The van der Waals surface area contributed by atoms with E-state index < -0.39 is 0 Å². The summed E-state index contributed by atoms with van der Waals surface area (Å²) in [5, 5.41) is 0. The topological polar surface area (TPSA) is 29.5 Å². The summed E-state index contributed by atoms with van der Waals surface area (Å²) in [4.78, 5) is 14.0. The lowest BCUT2D eigenvalue weighted by molar-refractivity contribution is -0.147. The number of esters is 1. The Kier molecular flexibility index (Phi) is 3.06. The van der Waals surface area contributed by atoms with Crippen LogP contribution in [0, 0.1) is 5.92 Å². The Morgan fingerprint density at radius 2 is 2.36 bits per heavy atom. The van der Waals surface area contributed by atoms with Gasteiger partial charge in [0.1, 0.15) is 0 Å². The Labute approximate surface area is 85.4 Å². The zero-order valence-corrected chi connectivity index (χ0v) is 8.87. The molecule has 2 saturated heterocycles. The van der Waals surface area contributed by atoms with E-state index in [4.69, 9.17) is 4.74 Å². The molecular formula is C11H19NO2. The Balaban J connectivity index is 1.89. The number of carbonyl (C=O) groups excluding carboxylic acids is 1. The van der Waals surface area contributed by atoms with Gasteiger partial charge in [-0.25, -0.2) is 0 Å². The van der Waals surface area contributed by atoms with Crippen LogP contribution in [0.15, 0.2) is 0 Å². The second kappa shape index (κ2) is 4.30. The van der Waals surface area contributed by atoms with Crippen LogP contribution in [0.1, 0.15) is 32.6 Å². The van der Waals surface area contributed by atoms with E-state index in [2.05, 4.69) is 4.90 Å². The van der Waals surface area contributed by atoms with Gasteiger partial charge in [0, 0.05) is 12.6 Å². The molecule has 2 heterocycles. The van der Waals surface area contributed by atoms with Gasteiger partial charge < -0.3 is 4.74 Å². The maximum atomic E-state index is 11.5. The van der Waals surface area contributed by atoms with Crippen LogP contribution in [-0.4, -0.2) is 36.6 Å². The fraction of sp³-hybridized carbons (Fsp3) is 0.909. The van der Waals surface area contributed by atoms with Crippen molar-refractivity contribution in [2.24, 2.45) is 5.92 Å². The van der Waals surface area contributed by atoms with Crippen LogP contribution < -0.4 is 0 Å². The number of ether oxygens (including phenoxy) is 1. The largest absolute Gasteiger partial charge is 0.466 e. The summed E-state index contributed by atoms with van der Waals surface area (Å²) >= 11 is 0. The third-order valence-electron chi connectivity index (χ3n) is 3.38. The Morgan fingerprint density at radius 1 is 1.50 bits per heavy atom. The normalized spacial score (nSPS) is 32.6. The first-order chi connectivity index (χ1) is 6.81. The van der Waals surface area contributed by atoms with Gasteiger partial charge in [-0.05, 0) is 32.7 Å². The van der Waals surface area contributed by atoms with Gasteiger partial charge in [-0.1, -0.05) is 6.42 Å². The maximum Gasteiger partial charge on any atom is 0.310 e. The van der Waals surface area contributed by atoms with E-state index in [1.807, 2.05) is 6.92 Å². The monoisotopic (exact) mass is 197 g/mol. The smallest absolute Gasteiger partial charge is 0.310 e. The lowest BCUT2D eigenvalue weighted by atomic mass is 10.00. The average Bonchev–Trinajstić information content (AvgIpc) is 2.61. The molecule has 2 fully saturated rings. The van der Waals surface area contributed by atoms with Crippen molar-refractivity contribution in [2.45, 2.75) is 38.6 Å². The van der Waals surface area contributed by atoms with Crippen LogP contribution >= 0.6 is 0 Å². The molecule has 14 heavy (non-hydrogen) atoms. The van der Waals surface area contributed by atoms with Crippen molar-refractivity contribution < 1.29 is 9.53 Å². The van der Waals surface area contributed by atoms with E-state index in [9.17, 15) is 4.79 Å². The molecule has 2 atom stereocenters. The molecule has 0 N–H and O–H groups in total. The van der Waals surface area contributed by atoms with Crippen molar-refractivity contribution in [3.05, 3.63) is 0 Å². The predicted molar refractivity (Wildman–Crippen MR) is 54.0 cm³/mol. The molecule has 0 aromatic carbocycles. The standard InChI is InChI=1S/C11H19NO2/c1-2-14-11(13)9-7-10-5-3-4-6-12(10)8-9/h9-10H,2-8H2,1H3/t9-,10+/m0/s1. The van der Waals surface area contributed by atoms with Crippen molar-refractivity contribution in [3.63, 3.8) is 0 Å². The Bertz CT molecular complexity index is 203. The highest BCUT2D eigenvalue weighted by atomic mass is 16.5. The Morgan fingerprint density at radius 3 is 3.07 bits per heavy atom. The third-order valence-corrected chi connectivity index (χ3v) is 3.38. The van der Waals surface area contributed by atoms with E-state index >= 15 is 0 Å². The number of hydrogen-bond acceptors (Lipinski definition) is 3. The molecule has 0 amide bonds. The Hall–Kier alpha value is -0.570. The number of fused-ring (bicyclic) bond motifs is 1. The van der Waals surface area contributed by atoms with Gasteiger partial charge in [-0.3, -0.25) is 9.69 Å². The molecule has 2 aliphatic rings. The number of carbonyl (C=O) groups is 1. The highest BCUT2D eigenvalue weighted by Gasteiger charge is 2.37. The van der Waals surface area contributed by atoms with Crippen LogP contribution in [0.2, 0.25) is 0 Å². The molecule has 0 radical (unpaired) electrons. The minimum absolute atomic E-state index is 0.0156. The molecule has 2 rings (SSSR count). The van der Waals surface area contributed by atoms with Crippen LogP contribution in [0.4, 0.5) is 0 Å². The minimum atomic E-state index is 0.0156. The second-order valence-corrected chi connectivity index (χ2v) is 4.33. The molecule has 2 aliphatic heterocycles. The summed E-state index contributed by atoms with van der Waals surface area (Å²) in [5.41, 5.74) is 0. The van der Waals surface area contributed by atoms with Gasteiger partial charge in [0.05, 0.1) is 12.5 Å². The average molecular weight is 197 g/mol. The first kappa shape index (κ1) is 9.97. The zero-order valence-electron chi connectivity index (χ0n) is 8.87. The molecule has 0 spiro atoms. The summed E-state index contributed by atoms with van der Waals surface area (Å²) in [7, 11) is 0. The van der Waals surface area contributed by atoms with Gasteiger partial charge >= 0.3 is 5.97 Å². The van der Waals surface area contributed by atoms with Gasteiger partial charge in [0.25, 0.3) is 0 Å². The van der Waals surface area contributed by atoms with Gasteiger partial charge in [0.15, 0.2) is 0 Å². The van der Waals surface area contributed by atoms with Crippen molar-refractivity contribution in [3.8, 4) is 0 Å². The number of rotatable bonds is 2. The van der Waals surface area contributed by atoms with E-state index in [-0.39, 0.29) is 11.9 Å². The van der Waals surface area contributed by atoms with Gasteiger partial charge in [-0.15, -0.1) is 0 Å². The highest BCUT2D eigenvalue weighted by Crippen LogP contribution is 2.30. The molecule has 0 bridgehead atoms. The van der Waals surface area contributed by atoms with Crippen LogP contribution in [-0.2, 0) is 9.53 Å². The highest BCUT2D eigenvalue weighted by molar-refractivity contribution is 5.73. The summed E-state index contributed by atoms with van der Waals surface area (Å²) in [6.07, 6.45) is 4.93. The molecule has 0 saturated carbocycles. The second-order valence-electron chi connectivity index (χ2n) is 4.33. The number of hydrogen-bond donors (Lipinski definition) is 0. The SMILES string of the molecule is CCOC(=O)[C@H]1C[C@H]2CCCCN2C1. The van der Waals surface area contributed by atoms with Gasteiger partial charge in [-0.2, -0.15) is 0 Å². The predicted octanol–water partition coefficient (Wildman–Crippen LogP) is 1.42. The van der Waals surface area contributed by atoms with Gasteiger partial charge in [0.2, 0.25) is 0 Å². The minimum Gasteiger partial charge on any atom is -0.466 e. The zero-order chi connectivity index (χ0) is 9.97. The summed E-state index contributed by atoms with van der Waals surface area (Å²) in [6, 6.07) is 0.665. The van der Waals surface area contributed by atoms with Crippen molar-refractivity contribution in [2.75, 3.05) is 19.7 Å². The van der Waals surface area contributed by atoms with Crippen molar-refractivity contribution >= 4 is 5.97 Å². The molecule has 3 heteroatoms. The van der Waals surface area contributed by atoms with E-state index in [1.54, 1.807) is 0 Å². The van der Waals surface area contributed by atoms with E-state index in [0.29, 0.717) is 12.6 Å². The first-order valence-corrected chi connectivity index (χ1v) is 5.72. The number of nitrogens with zero attached hydrogens (tertiary/aromatic N) is 1. The lowest BCUT2D eigenvalue weighted by Gasteiger charge is -2.28. The molecule has 0 unspecified atom stereocenters. The quantitative estimate of drug-likeness (QED) is 0.627. The maximum absolute atomic E-state index is 11.5. The van der Waals surface area contributed by atoms with Crippen LogP contribution in [0.25, 0.3) is 0 Å². The fourth-order valence-corrected chi connectivity index (χ4v) is 2.68. The third kappa shape index (κ3) is 1.92. The molecule has 0 aromatic heterocycles. The molecule has 0 aliphatic carbocycles. The van der Waals surface area contributed by atoms with Crippen molar-refractivity contribution in [1.82, 2.24) is 4.90 Å². The van der Waals surface area contributed by atoms with E-state index in [0.717, 1.165) is 13.0 Å². The molecular weight excluding hydrogens is 178 g/mol. The molecule has 3 nitrogen and oxygen atoms in total. The van der Waals surface area contributed by atoms with E-state index in [1.165, 1.54) is 25.8 Å². The molecule has 0 aromatic rings. The first-order valence-electron chi connectivity index (χ1n) is 5.72. The van der Waals surface area contributed by atoms with Crippen LogP contribution in [0.5, 0.6) is 0 Å². The fourth-order valence-electron chi connectivity index (χ4n) is 2.68. The van der Waals surface area contributed by atoms with Crippen molar-refractivity contribution in [1.29, 1.82) is 0 Å². The van der Waals surface area contributed by atoms with Crippen LogP contribution in [0.3, 0.4) is 0 Å². The number of piperidine rings is 1. The lowest BCUT2D eigenvalue weighted by Crippen LogP contribution is -2.34. The summed E-state index contributed by atoms with van der Waals surface area (Å²) < 4.78 is 5.07. The summed E-state index contributed by atoms with van der Waals surface area (Å²) in [6.45, 7) is 4.50. The molecule has 80 valence electrons.